The third kappa shape index (κ3) is 3.57. The van der Waals surface area contributed by atoms with Gasteiger partial charge in [-0.2, -0.15) is 4.31 Å². The van der Waals surface area contributed by atoms with E-state index in [1.807, 2.05) is 35.7 Å². The Morgan fingerprint density at radius 3 is 2.29 bits per heavy atom. The predicted octanol–water partition coefficient (Wildman–Crippen LogP) is 3.51. The maximum atomic E-state index is 14.3. The van der Waals surface area contributed by atoms with E-state index in [9.17, 15) is 18.0 Å². The molecular formula is C26H26N2O5S2. The van der Waals surface area contributed by atoms with Crippen molar-refractivity contribution in [3.8, 4) is 0 Å². The fourth-order valence-electron chi connectivity index (χ4n) is 5.71. The van der Waals surface area contributed by atoms with Gasteiger partial charge in [0.2, 0.25) is 10.0 Å². The zero-order chi connectivity index (χ0) is 24.8. The molecule has 4 atom stereocenters. The summed E-state index contributed by atoms with van der Waals surface area (Å²) < 4.78 is 33.9. The number of methoxy groups -OCH3 is 1. The Balaban J connectivity index is 1.71. The third-order valence-electron chi connectivity index (χ3n) is 7.39. The van der Waals surface area contributed by atoms with Crippen molar-refractivity contribution in [3.63, 3.8) is 0 Å². The van der Waals surface area contributed by atoms with Gasteiger partial charge < -0.3 is 4.74 Å². The quantitative estimate of drug-likeness (QED) is 0.403. The number of esters is 1. The lowest BCUT2D eigenvalue weighted by Crippen LogP contribution is -2.52. The van der Waals surface area contributed by atoms with Crippen molar-refractivity contribution in [3.05, 3.63) is 88.6 Å². The average molecular weight is 511 g/mol. The number of fused-ring (bicyclic) bond motifs is 1. The van der Waals surface area contributed by atoms with Crippen LogP contribution in [0.4, 0.5) is 0 Å². The normalized spacial score (nSPS) is 28.5. The standard InChI is InChI=1S/C26H26N2O5S2/c1-25(24(30)33-2)21-16-28(35(31,32)19-12-7-4-8-13-19)17-26(21,23(29)20-14-9-15-34-20)22(27-25)18-10-5-3-6-11-18/h3-15,21-22,27H,16-17H2,1-2H3/t21-,22+,25+,26+/m1/s1. The highest BCUT2D eigenvalue weighted by Crippen LogP contribution is 2.58. The molecule has 0 spiro atoms. The molecule has 0 unspecified atom stereocenters. The van der Waals surface area contributed by atoms with E-state index in [1.54, 1.807) is 49.4 Å². The minimum Gasteiger partial charge on any atom is -0.468 e. The summed E-state index contributed by atoms with van der Waals surface area (Å²) in [5.74, 6) is -1.35. The number of carbonyl (C=O) groups excluding carboxylic acids is 2. The molecule has 0 aliphatic carbocycles. The highest BCUT2D eigenvalue weighted by Gasteiger charge is 2.71. The van der Waals surface area contributed by atoms with Gasteiger partial charge in [0, 0.05) is 25.0 Å². The van der Waals surface area contributed by atoms with Gasteiger partial charge in [0.15, 0.2) is 5.78 Å². The van der Waals surface area contributed by atoms with Crippen LogP contribution in [0, 0.1) is 11.3 Å². The molecule has 2 aliphatic rings. The van der Waals surface area contributed by atoms with E-state index in [2.05, 4.69) is 5.32 Å². The number of sulfonamides is 1. The van der Waals surface area contributed by atoms with Gasteiger partial charge in [-0.15, -0.1) is 11.3 Å². The van der Waals surface area contributed by atoms with E-state index >= 15 is 0 Å². The van der Waals surface area contributed by atoms with Gasteiger partial charge >= 0.3 is 5.97 Å². The van der Waals surface area contributed by atoms with Crippen LogP contribution in [0.1, 0.15) is 28.2 Å². The first kappa shape index (κ1) is 23.9. The lowest BCUT2D eigenvalue weighted by atomic mass is 9.66. The summed E-state index contributed by atoms with van der Waals surface area (Å²) in [5.41, 5.74) is -1.67. The molecule has 182 valence electrons. The number of nitrogens with one attached hydrogen (secondary N) is 1. The molecule has 2 aromatic carbocycles. The van der Waals surface area contributed by atoms with Gasteiger partial charge in [-0.1, -0.05) is 54.6 Å². The van der Waals surface area contributed by atoms with E-state index in [0.717, 1.165) is 5.56 Å². The second kappa shape index (κ2) is 8.67. The number of carbonyl (C=O) groups is 2. The molecule has 2 fully saturated rings. The summed E-state index contributed by atoms with van der Waals surface area (Å²) in [6.07, 6.45) is 0. The molecule has 0 saturated carbocycles. The van der Waals surface area contributed by atoms with Crippen LogP contribution >= 0.6 is 11.3 Å². The summed E-state index contributed by atoms with van der Waals surface area (Å²) in [5, 5.41) is 5.24. The molecular weight excluding hydrogens is 484 g/mol. The lowest BCUT2D eigenvalue weighted by Gasteiger charge is -2.33. The molecule has 3 aromatic rings. The molecule has 5 rings (SSSR count). The highest BCUT2D eigenvalue weighted by atomic mass is 32.2. The number of benzene rings is 2. The molecule has 1 aromatic heterocycles. The first-order valence-corrected chi connectivity index (χ1v) is 13.6. The van der Waals surface area contributed by atoms with Crippen molar-refractivity contribution in [2.24, 2.45) is 11.3 Å². The van der Waals surface area contributed by atoms with Crippen molar-refractivity contribution in [2.45, 2.75) is 23.4 Å². The molecule has 0 amide bonds. The van der Waals surface area contributed by atoms with Gasteiger partial charge in [0.25, 0.3) is 0 Å². The van der Waals surface area contributed by atoms with Gasteiger partial charge in [-0.05, 0) is 36.1 Å². The van der Waals surface area contributed by atoms with Crippen LogP contribution in [0.2, 0.25) is 0 Å². The minimum absolute atomic E-state index is 0.0102. The Kier molecular flexibility index (Phi) is 5.91. The van der Waals surface area contributed by atoms with Gasteiger partial charge in [-0.25, -0.2) is 8.42 Å². The second-order valence-electron chi connectivity index (χ2n) is 9.19. The SMILES string of the molecule is COC(=O)[C@@]1(C)N[C@@H](c2ccccc2)[C@]2(C(=O)c3cccs3)CN(S(=O)(=O)c3ccccc3)C[C@@H]21. The van der Waals surface area contributed by atoms with Crippen LogP contribution in [0.3, 0.4) is 0 Å². The number of nitrogens with zero attached hydrogens (tertiary/aromatic N) is 1. The van der Waals surface area contributed by atoms with Crippen molar-refractivity contribution in [1.29, 1.82) is 0 Å². The number of hydrogen-bond acceptors (Lipinski definition) is 7. The van der Waals surface area contributed by atoms with E-state index in [1.165, 1.54) is 22.8 Å². The molecule has 0 radical (unpaired) electrons. The van der Waals surface area contributed by atoms with Crippen molar-refractivity contribution in [2.75, 3.05) is 20.2 Å². The number of ether oxygens (including phenoxy) is 1. The van der Waals surface area contributed by atoms with Gasteiger partial charge in [-0.3, -0.25) is 14.9 Å². The minimum atomic E-state index is -3.90. The largest absolute Gasteiger partial charge is 0.468 e. The summed E-state index contributed by atoms with van der Waals surface area (Å²) >= 11 is 1.32. The average Bonchev–Trinajstić information content (AvgIpc) is 3.61. The molecule has 3 heterocycles. The number of thiophene rings is 1. The van der Waals surface area contributed by atoms with Gasteiger partial charge in [0.1, 0.15) is 5.54 Å². The fourth-order valence-corrected chi connectivity index (χ4v) is 8.00. The van der Waals surface area contributed by atoms with E-state index in [4.69, 9.17) is 4.74 Å². The maximum Gasteiger partial charge on any atom is 0.326 e. The molecule has 9 heteroatoms. The summed E-state index contributed by atoms with van der Waals surface area (Å²) in [4.78, 5) is 28.2. The monoisotopic (exact) mass is 510 g/mol. The second-order valence-corrected chi connectivity index (χ2v) is 12.1. The topological polar surface area (TPSA) is 92.8 Å². The Morgan fingerprint density at radius 2 is 1.69 bits per heavy atom. The molecule has 0 bridgehead atoms. The number of ketones is 1. The molecule has 7 nitrogen and oxygen atoms in total. The Bertz CT molecular complexity index is 1340. The van der Waals surface area contributed by atoms with Crippen molar-refractivity contribution >= 4 is 33.1 Å². The Morgan fingerprint density at radius 1 is 1.03 bits per heavy atom. The molecule has 35 heavy (non-hydrogen) atoms. The first-order valence-electron chi connectivity index (χ1n) is 11.3. The third-order valence-corrected chi connectivity index (χ3v) is 10.1. The van der Waals surface area contributed by atoms with E-state index < -0.39 is 38.9 Å². The first-order chi connectivity index (χ1) is 16.7. The highest BCUT2D eigenvalue weighted by molar-refractivity contribution is 7.89. The van der Waals surface area contributed by atoms with Crippen LogP contribution < -0.4 is 5.32 Å². The predicted molar refractivity (Wildman–Crippen MR) is 133 cm³/mol. The Hall–Kier alpha value is -2.85. The van der Waals surface area contributed by atoms with Crippen LogP contribution in [-0.4, -0.2) is 50.2 Å². The lowest BCUT2D eigenvalue weighted by molar-refractivity contribution is -0.149. The van der Waals surface area contributed by atoms with E-state index in [-0.39, 0.29) is 23.8 Å². The van der Waals surface area contributed by atoms with Crippen LogP contribution in [0.5, 0.6) is 0 Å². The van der Waals surface area contributed by atoms with Crippen molar-refractivity contribution in [1.82, 2.24) is 9.62 Å². The zero-order valence-electron chi connectivity index (χ0n) is 19.4. The van der Waals surface area contributed by atoms with Crippen LogP contribution in [0.25, 0.3) is 0 Å². The Labute approximate surface area is 208 Å². The number of Topliss-reactive ketones (excluding diaryl/α,β-unsaturated/α-hetero) is 1. The summed E-state index contributed by atoms with van der Waals surface area (Å²) in [6.45, 7) is 1.67. The summed E-state index contributed by atoms with van der Waals surface area (Å²) in [6, 6.07) is 20.6. The van der Waals surface area contributed by atoms with Gasteiger partial charge in [0.05, 0.1) is 22.3 Å². The summed E-state index contributed by atoms with van der Waals surface area (Å²) in [7, 11) is -2.60. The number of hydrogen-bond donors (Lipinski definition) is 1. The fraction of sp³-hybridized carbons (Fsp3) is 0.308. The van der Waals surface area contributed by atoms with Crippen LogP contribution in [0.15, 0.2) is 83.1 Å². The van der Waals surface area contributed by atoms with E-state index in [0.29, 0.717) is 4.88 Å². The number of rotatable bonds is 6. The molecule has 2 aliphatic heterocycles. The zero-order valence-corrected chi connectivity index (χ0v) is 21.0. The van der Waals surface area contributed by atoms with Crippen molar-refractivity contribution < 1.29 is 22.7 Å². The molecule has 1 N–H and O–H groups in total. The smallest absolute Gasteiger partial charge is 0.326 e. The molecule has 2 saturated heterocycles. The maximum absolute atomic E-state index is 14.3. The van der Waals surface area contributed by atoms with Crippen LogP contribution in [-0.2, 0) is 19.6 Å².